The van der Waals surface area contributed by atoms with Crippen molar-refractivity contribution >= 4 is 11.7 Å². The van der Waals surface area contributed by atoms with Gasteiger partial charge in [-0.1, -0.05) is 84.4 Å². The average molecular weight is 510 g/mol. The molecule has 0 bridgehead atoms. The second-order valence-electron chi connectivity index (χ2n) is 11.1. The van der Waals surface area contributed by atoms with Crippen LogP contribution in [0.15, 0.2) is 30.3 Å². The van der Waals surface area contributed by atoms with Crippen molar-refractivity contribution in [3.63, 3.8) is 0 Å². The maximum absolute atomic E-state index is 13.5. The van der Waals surface area contributed by atoms with E-state index >= 15 is 0 Å². The summed E-state index contributed by atoms with van der Waals surface area (Å²) < 4.78 is 2.11. The van der Waals surface area contributed by atoms with Crippen molar-refractivity contribution in [3.05, 3.63) is 41.6 Å². The zero-order valence-corrected chi connectivity index (χ0v) is 24.2. The molecule has 37 heavy (non-hydrogen) atoms. The van der Waals surface area contributed by atoms with Gasteiger partial charge >= 0.3 is 0 Å². The van der Waals surface area contributed by atoms with E-state index in [9.17, 15) is 4.79 Å². The summed E-state index contributed by atoms with van der Waals surface area (Å²) in [6.45, 7) is 17.6. The van der Waals surface area contributed by atoms with E-state index < -0.39 is 0 Å². The number of piperazine rings is 1. The smallest absolute Gasteiger partial charge is 0.222 e. The molecule has 0 aliphatic carbocycles. The van der Waals surface area contributed by atoms with Crippen LogP contribution in [-0.2, 0) is 11.3 Å². The van der Waals surface area contributed by atoms with Crippen LogP contribution >= 0.6 is 0 Å². The molecule has 3 rings (SSSR count). The van der Waals surface area contributed by atoms with Crippen LogP contribution in [0.2, 0.25) is 0 Å². The summed E-state index contributed by atoms with van der Waals surface area (Å²) in [7, 11) is 0. The van der Waals surface area contributed by atoms with Gasteiger partial charge in [-0.25, -0.2) is 4.68 Å². The van der Waals surface area contributed by atoms with E-state index in [4.69, 9.17) is 5.10 Å². The lowest BCUT2D eigenvalue weighted by atomic mass is 10.1. The Bertz CT molecular complexity index is 931. The third-order valence-corrected chi connectivity index (χ3v) is 7.56. The number of hydrogen-bond acceptors (Lipinski definition) is 4. The minimum Gasteiger partial charge on any atom is -0.354 e. The zero-order valence-electron chi connectivity index (χ0n) is 24.2. The fraction of sp³-hybridized carbons (Fsp3) is 0.677. The number of aryl methyl sites for hydroxylation is 1. The predicted molar refractivity (Wildman–Crippen MR) is 155 cm³/mol. The molecule has 0 radical (unpaired) electrons. The van der Waals surface area contributed by atoms with Crippen molar-refractivity contribution in [3.8, 4) is 5.69 Å². The molecular weight excluding hydrogens is 458 g/mol. The number of anilines is 1. The number of unbranched alkanes of at least 4 members (excludes halogenated alkanes) is 6. The fourth-order valence-electron chi connectivity index (χ4n) is 5.36. The molecule has 1 aromatic carbocycles. The van der Waals surface area contributed by atoms with Crippen LogP contribution in [0.1, 0.15) is 90.3 Å². The number of likely N-dealkylation sites (N-methyl/N-ethyl adjacent to an activating group) is 1. The first-order valence-electron chi connectivity index (χ1n) is 14.8. The highest BCUT2D eigenvalue weighted by molar-refractivity contribution is 5.76. The van der Waals surface area contributed by atoms with E-state index in [2.05, 4.69) is 78.3 Å². The summed E-state index contributed by atoms with van der Waals surface area (Å²) in [5.41, 5.74) is 3.30. The first kappa shape index (κ1) is 29.2. The normalized spacial score (nSPS) is 14.5. The summed E-state index contributed by atoms with van der Waals surface area (Å²) in [5, 5.41) is 5.02. The Hall–Kier alpha value is -2.34. The van der Waals surface area contributed by atoms with E-state index in [0.29, 0.717) is 18.9 Å². The van der Waals surface area contributed by atoms with Gasteiger partial charge in [0.25, 0.3) is 0 Å². The molecule has 1 aromatic heterocycles. The monoisotopic (exact) mass is 509 g/mol. The minimum atomic E-state index is 0.288. The van der Waals surface area contributed by atoms with Gasteiger partial charge < -0.3 is 14.7 Å². The van der Waals surface area contributed by atoms with Crippen LogP contribution in [0.5, 0.6) is 0 Å². The van der Waals surface area contributed by atoms with Crippen molar-refractivity contribution in [2.75, 3.05) is 44.2 Å². The lowest BCUT2D eigenvalue weighted by Gasteiger charge is -2.36. The van der Waals surface area contributed by atoms with Crippen LogP contribution in [-0.4, -0.2) is 64.8 Å². The van der Waals surface area contributed by atoms with Crippen molar-refractivity contribution in [1.82, 2.24) is 19.6 Å². The summed E-state index contributed by atoms with van der Waals surface area (Å²) in [6.07, 6.45) is 9.27. The summed E-state index contributed by atoms with van der Waals surface area (Å²) in [5.74, 6) is 1.88. The van der Waals surface area contributed by atoms with Crippen LogP contribution < -0.4 is 4.90 Å². The number of hydrogen-bond donors (Lipinski definition) is 0. The van der Waals surface area contributed by atoms with Crippen molar-refractivity contribution in [2.24, 2.45) is 5.92 Å². The van der Waals surface area contributed by atoms with Gasteiger partial charge in [0.2, 0.25) is 5.91 Å². The fourth-order valence-corrected chi connectivity index (χ4v) is 5.36. The number of nitrogens with zero attached hydrogens (tertiary/aromatic N) is 5. The predicted octanol–water partition coefficient (Wildman–Crippen LogP) is 6.45. The van der Waals surface area contributed by atoms with Gasteiger partial charge in [-0.05, 0) is 37.9 Å². The van der Waals surface area contributed by atoms with Crippen LogP contribution in [0.3, 0.4) is 0 Å². The number of carbonyl (C=O) groups excluding carboxylic acids is 1. The molecule has 206 valence electrons. The van der Waals surface area contributed by atoms with Crippen molar-refractivity contribution in [2.45, 2.75) is 92.5 Å². The Morgan fingerprint density at radius 3 is 2.22 bits per heavy atom. The number of para-hydroxylation sites is 1. The maximum atomic E-state index is 13.5. The molecule has 2 heterocycles. The minimum absolute atomic E-state index is 0.288. The maximum Gasteiger partial charge on any atom is 0.222 e. The van der Waals surface area contributed by atoms with E-state index in [1.165, 1.54) is 37.7 Å². The highest BCUT2D eigenvalue weighted by atomic mass is 16.2. The summed E-state index contributed by atoms with van der Waals surface area (Å²) in [6, 6.07) is 10.4. The standard InChI is InChI=1S/C31H51N5O/c1-6-8-9-10-11-12-16-19-30(37)35(24-26(3)4)25-29-27(5)32-36(28-17-14-13-15-18-28)31(29)34-22-20-33(7-2)21-23-34/h13-15,17-18,26H,6-12,16,19-25H2,1-5H3. The molecule has 0 unspecified atom stereocenters. The Kier molecular flexibility index (Phi) is 12.0. The Labute approximate surface area is 226 Å². The molecule has 0 spiro atoms. The lowest BCUT2D eigenvalue weighted by molar-refractivity contribution is -0.132. The van der Waals surface area contributed by atoms with Crippen LogP contribution in [0, 0.1) is 12.8 Å². The van der Waals surface area contributed by atoms with Gasteiger partial charge in [0.1, 0.15) is 5.82 Å². The molecule has 1 amide bonds. The molecule has 0 N–H and O–H groups in total. The van der Waals surface area contributed by atoms with Crippen molar-refractivity contribution < 1.29 is 4.79 Å². The molecular formula is C31H51N5O. The summed E-state index contributed by atoms with van der Waals surface area (Å²) in [4.78, 5) is 20.6. The molecule has 6 heteroatoms. The van der Waals surface area contributed by atoms with E-state index in [0.717, 1.165) is 69.3 Å². The van der Waals surface area contributed by atoms with Gasteiger partial charge in [-0.15, -0.1) is 0 Å². The molecule has 2 aromatic rings. The number of carbonyl (C=O) groups is 1. The molecule has 6 nitrogen and oxygen atoms in total. The summed E-state index contributed by atoms with van der Waals surface area (Å²) >= 11 is 0. The van der Waals surface area contributed by atoms with Gasteiger partial charge in [0, 0.05) is 44.7 Å². The van der Waals surface area contributed by atoms with Crippen LogP contribution in [0.25, 0.3) is 5.69 Å². The topological polar surface area (TPSA) is 44.6 Å². The van der Waals surface area contributed by atoms with Crippen LogP contribution in [0.4, 0.5) is 5.82 Å². The lowest BCUT2D eigenvalue weighted by Crippen LogP contribution is -2.47. The number of aromatic nitrogens is 2. The first-order valence-corrected chi connectivity index (χ1v) is 14.8. The third-order valence-electron chi connectivity index (χ3n) is 7.56. The first-order chi connectivity index (χ1) is 17.9. The molecule has 0 saturated carbocycles. The molecule has 1 aliphatic rings. The number of rotatable bonds is 15. The second-order valence-corrected chi connectivity index (χ2v) is 11.1. The molecule has 1 aliphatic heterocycles. The Morgan fingerprint density at radius 1 is 0.946 bits per heavy atom. The van der Waals surface area contributed by atoms with E-state index in [1.807, 2.05) is 6.07 Å². The largest absolute Gasteiger partial charge is 0.354 e. The highest BCUT2D eigenvalue weighted by Crippen LogP contribution is 2.30. The van der Waals surface area contributed by atoms with Gasteiger partial charge in [-0.3, -0.25) is 4.79 Å². The van der Waals surface area contributed by atoms with Gasteiger partial charge in [0.15, 0.2) is 0 Å². The van der Waals surface area contributed by atoms with Gasteiger partial charge in [0.05, 0.1) is 17.9 Å². The third kappa shape index (κ3) is 8.59. The van der Waals surface area contributed by atoms with Gasteiger partial charge in [-0.2, -0.15) is 5.10 Å². The van der Waals surface area contributed by atoms with Crippen molar-refractivity contribution in [1.29, 1.82) is 0 Å². The number of benzene rings is 1. The zero-order chi connectivity index (χ0) is 26.6. The Morgan fingerprint density at radius 2 is 1.59 bits per heavy atom. The average Bonchev–Trinajstić information content (AvgIpc) is 3.23. The highest BCUT2D eigenvalue weighted by Gasteiger charge is 2.27. The molecule has 1 saturated heterocycles. The molecule has 1 fully saturated rings. The number of amides is 1. The molecule has 0 atom stereocenters. The Balaban J connectivity index is 1.79. The van der Waals surface area contributed by atoms with E-state index in [-0.39, 0.29) is 5.91 Å². The second kappa shape index (κ2) is 15.2. The van der Waals surface area contributed by atoms with E-state index in [1.54, 1.807) is 0 Å². The quantitative estimate of drug-likeness (QED) is 0.259. The SMILES string of the molecule is CCCCCCCCCC(=O)N(Cc1c(C)nn(-c2ccccc2)c1N1CCN(CC)CC1)CC(C)C.